The molecule has 25 heavy (non-hydrogen) atoms. The second-order valence-electron chi connectivity index (χ2n) is 9.61. The largest absolute Gasteiger partial charge is 0.308 e. The summed E-state index contributed by atoms with van der Waals surface area (Å²) >= 11 is 0. The van der Waals surface area contributed by atoms with Gasteiger partial charge in [-0.15, -0.1) is 6.58 Å². The van der Waals surface area contributed by atoms with E-state index >= 15 is 0 Å². The summed E-state index contributed by atoms with van der Waals surface area (Å²) in [6, 6.07) is 0.727. The van der Waals surface area contributed by atoms with E-state index in [1.54, 1.807) is 6.92 Å². The minimum atomic E-state index is -0.697. The lowest BCUT2D eigenvalue weighted by Crippen LogP contribution is -2.37. The average molecular weight is 352 g/mol. The molecular formula is C23H42FN. The molecule has 2 unspecified atom stereocenters. The molecular weight excluding hydrogens is 309 g/mol. The Bertz CT molecular complexity index is 393. The molecule has 2 fully saturated rings. The molecule has 0 aliphatic heterocycles. The molecule has 0 aromatic rings. The molecule has 146 valence electrons. The van der Waals surface area contributed by atoms with Gasteiger partial charge in [0.2, 0.25) is 0 Å². The number of nitrogens with one attached hydrogen (secondary N) is 1. The van der Waals surface area contributed by atoms with E-state index in [1.807, 2.05) is 6.08 Å². The van der Waals surface area contributed by atoms with Crippen LogP contribution in [0, 0.1) is 23.2 Å². The summed E-state index contributed by atoms with van der Waals surface area (Å²) in [6.45, 7) is 12.6. The Morgan fingerprint density at radius 2 is 1.76 bits per heavy atom. The highest BCUT2D eigenvalue weighted by Crippen LogP contribution is 2.60. The van der Waals surface area contributed by atoms with Gasteiger partial charge in [0.25, 0.3) is 0 Å². The van der Waals surface area contributed by atoms with Gasteiger partial charge in [-0.05, 0) is 88.4 Å². The summed E-state index contributed by atoms with van der Waals surface area (Å²) in [5, 5.41) is 3.66. The van der Waals surface area contributed by atoms with E-state index in [1.165, 1.54) is 51.4 Å². The van der Waals surface area contributed by atoms with Crippen LogP contribution in [0.3, 0.4) is 0 Å². The third-order valence-electron chi connectivity index (χ3n) is 6.98. The maximum absolute atomic E-state index is 13.3. The first-order valence-corrected chi connectivity index (χ1v) is 10.9. The Morgan fingerprint density at radius 3 is 2.28 bits per heavy atom. The maximum atomic E-state index is 13.3. The van der Waals surface area contributed by atoms with E-state index < -0.39 is 6.17 Å². The van der Waals surface area contributed by atoms with E-state index in [2.05, 4.69) is 32.7 Å². The van der Waals surface area contributed by atoms with Crippen molar-refractivity contribution in [3.8, 4) is 0 Å². The van der Waals surface area contributed by atoms with Crippen LogP contribution in [0.15, 0.2) is 12.7 Å². The summed E-state index contributed by atoms with van der Waals surface area (Å²) in [6.07, 6.45) is 14.1. The molecule has 2 aliphatic carbocycles. The lowest BCUT2D eigenvalue weighted by molar-refractivity contribution is 0.161. The monoisotopic (exact) mass is 351 g/mol. The van der Waals surface area contributed by atoms with Gasteiger partial charge >= 0.3 is 0 Å². The SMILES string of the molecule is C=CC(C)N[C@H](CCC(C)F)C[C@@H](C)CC1(C2CCC(C)CC2)CC1. The zero-order chi connectivity index (χ0) is 18.4. The van der Waals surface area contributed by atoms with Crippen molar-refractivity contribution in [2.75, 3.05) is 0 Å². The summed E-state index contributed by atoms with van der Waals surface area (Å²) in [5.41, 5.74) is 0.668. The van der Waals surface area contributed by atoms with Crippen LogP contribution in [-0.4, -0.2) is 18.3 Å². The molecule has 0 spiro atoms. The van der Waals surface area contributed by atoms with Gasteiger partial charge in [-0.1, -0.05) is 32.8 Å². The fraction of sp³-hybridized carbons (Fsp3) is 0.913. The topological polar surface area (TPSA) is 12.0 Å². The van der Waals surface area contributed by atoms with Gasteiger partial charge in [0.05, 0.1) is 6.17 Å². The van der Waals surface area contributed by atoms with Crippen LogP contribution in [0.4, 0.5) is 4.39 Å². The van der Waals surface area contributed by atoms with Crippen molar-refractivity contribution in [1.29, 1.82) is 0 Å². The Kier molecular flexibility index (Phi) is 7.98. The number of hydrogen-bond donors (Lipinski definition) is 1. The molecule has 2 aliphatic rings. The minimum Gasteiger partial charge on any atom is -0.308 e. The molecule has 0 aromatic carbocycles. The van der Waals surface area contributed by atoms with Crippen LogP contribution in [0.25, 0.3) is 0 Å². The fourth-order valence-electron chi connectivity index (χ4n) is 5.21. The van der Waals surface area contributed by atoms with Crippen molar-refractivity contribution in [2.45, 2.75) is 110 Å². The summed E-state index contributed by atoms with van der Waals surface area (Å²) in [7, 11) is 0. The van der Waals surface area contributed by atoms with Crippen LogP contribution in [0.5, 0.6) is 0 Å². The molecule has 2 rings (SSSR count). The predicted octanol–water partition coefficient (Wildman–Crippen LogP) is 6.68. The molecule has 0 bridgehead atoms. The van der Waals surface area contributed by atoms with Crippen molar-refractivity contribution < 1.29 is 4.39 Å². The van der Waals surface area contributed by atoms with E-state index in [4.69, 9.17) is 0 Å². The molecule has 4 atom stereocenters. The van der Waals surface area contributed by atoms with E-state index in [0.29, 0.717) is 23.9 Å². The maximum Gasteiger partial charge on any atom is 0.0974 e. The van der Waals surface area contributed by atoms with Crippen LogP contribution in [-0.2, 0) is 0 Å². The molecule has 0 heterocycles. The van der Waals surface area contributed by atoms with E-state index in [0.717, 1.165) is 24.2 Å². The minimum absolute atomic E-state index is 0.307. The number of alkyl halides is 1. The summed E-state index contributed by atoms with van der Waals surface area (Å²) in [5.74, 6) is 2.66. The van der Waals surface area contributed by atoms with Crippen LogP contribution < -0.4 is 5.32 Å². The Morgan fingerprint density at radius 1 is 1.12 bits per heavy atom. The van der Waals surface area contributed by atoms with Gasteiger partial charge in [0.15, 0.2) is 0 Å². The standard InChI is InChI=1S/C23H42FN/c1-6-20(5)25-22(12-9-19(4)24)15-18(3)16-23(13-14-23)21-10-7-17(2)8-11-21/h6,17-22,25H,1,7-16H2,2-5H3/t17?,18-,19?,20?,21?,22-/m1/s1. The van der Waals surface area contributed by atoms with Gasteiger partial charge in [0, 0.05) is 12.1 Å². The third-order valence-corrected chi connectivity index (χ3v) is 6.98. The van der Waals surface area contributed by atoms with Crippen molar-refractivity contribution in [1.82, 2.24) is 5.32 Å². The Balaban J connectivity index is 1.84. The van der Waals surface area contributed by atoms with Crippen molar-refractivity contribution in [2.24, 2.45) is 23.2 Å². The van der Waals surface area contributed by atoms with Gasteiger partial charge in [-0.3, -0.25) is 0 Å². The summed E-state index contributed by atoms with van der Waals surface area (Å²) in [4.78, 5) is 0. The molecule has 2 heteroatoms. The van der Waals surface area contributed by atoms with Gasteiger partial charge < -0.3 is 5.32 Å². The number of rotatable bonds is 11. The van der Waals surface area contributed by atoms with Crippen LogP contribution in [0.1, 0.15) is 91.9 Å². The Hall–Kier alpha value is -0.370. The second-order valence-corrected chi connectivity index (χ2v) is 9.61. The van der Waals surface area contributed by atoms with Gasteiger partial charge in [-0.2, -0.15) is 0 Å². The van der Waals surface area contributed by atoms with Crippen LogP contribution in [0.2, 0.25) is 0 Å². The molecule has 0 saturated heterocycles. The van der Waals surface area contributed by atoms with Crippen molar-refractivity contribution in [3.63, 3.8) is 0 Å². The normalized spacial score (nSPS) is 30.3. The highest BCUT2D eigenvalue weighted by molar-refractivity contribution is 5.00. The third kappa shape index (κ3) is 6.70. The molecule has 0 amide bonds. The summed E-state index contributed by atoms with van der Waals surface area (Å²) < 4.78 is 13.3. The molecule has 1 nitrogen and oxygen atoms in total. The fourth-order valence-corrected chi connectivity index (χ4v) is 5.21. The number of halogens is 1. The zero-order valence-electron chi connectivity index (χ0n) is 17.2. The van der Waals surface area contributed by atoms with Crippen molar-refractivity contribution >= 4 is 0 Å². The first-order chi connectivity index (χ1) is 11.8. The van der Waals surface area contributed by atoms with Gasteiger partial charge in [-0.25, -0.2) is 4.39 Å². The Labute approximate surface area is 156 Å². The molecule has 1 N–H and O–H groups in total. The zero-order valence-corrected chi connectivity index (χ0v) is 17.2. The lowest BCUT2D eigenvalue weighted by atomic mass is 9.71. The molecule has 0 aromatic heterocycles. The quantitative estimate of drug-likeness (QED) is 0.409. The highest BCUT2D eigenvalue weighted by Gasteiger charge is 2.49. The molecule has 0 radical (unpaired) electrons. The lowest BCUT2D eigenvalue weighted by Gasteiger charge is -2.35. The molecule has 2 saturated carbocycles. The number of hydrogen-bond acceptors (Lipinski definition) is 1. The second kappa shape index (κ2) is 9.53. The average Bonchev–Trinajstić information content (AvgIpc) is 3.33. The van der Waals surface area contributed by atoms with Gasteiger partial charge in [0.1, 0.15) is 0 Å². The first-order valence-electron chi connectivity index (χ1n) is 10.9. The van der Waals surface area contributed by atoms with Crippen molar-refractivity contribution in [3.05, 3.63) is 12.7 Å². The van der Waals surface area contributed by atoms with E-state index in [9.17, 15) is 4.39 Å². The highest BCUT2D eigenvalue weighted by atomic mass is 19.1. The first kappa shape index (κ1) is 20.9. The van der Waals surface area contributed by atoms with E-state index in [-0.39, 0.29) is 0 Å². The van der Waals surface area contributed by atoms with Crippen LogP contribution >= 0.6 is 0 Å². The smallest absolute Gasteiger partial charge is 0.0974 e. The predicted molar refractivity (Wildman–Crippen MR) is 108 cm³/mol.